The first-order chi connectivity index (χ1) is 14.9. The van der Waals surface area contributed by atoms with Crippen molar-refractivity contribution in [2.24, 2.45) is 0 Å². The second-order valence-electron chi connectivity index (χ2n) is 6.39. The first-order valence-electron chi connectivity index (χ1n) is 9.01. The number of amides is 2. The van der Waals surface area contributed by atoms with Crippen molar-refractivity contribution in [2.75, 3.05) is 10.6 Å². The fraction of sp³-hybridized carbons (Fsp3) is 0.0455. The summed E-state index contributed by atoms with van der Waals surface area (Å²) < 4.78 is 5.64. The molecule has 31 heavy (non-hydrogen) atoms. The number of nitro groups is 1. The molecule has 0 aliphatic rings. The molecule has 0 aliphatic carbocycles. The topological polar surface area (TPSA) is 138 Å². The van der Waals surface area contributed by atoms with Crippen LogP contribution in [-0.4, -0.2) is 16.7 Å². The van der Waals surface area contributed by atoms with Crippen molar-refractivity contribution in [1.29, 1.82) is 5.26 Å². The average Bonchev–Trinajstić information content (AvgIpc) is 3.21. The predicted octanol–water partition coefficient (Wildman–Crippen LogP) is 4.36. The van der Waals surface area contributed by atoms with Crippen molar-refractivity contribution < 1.29 is 18.9 Å². The number of carbonyl (C=O) groups excluding carboxylic acids is 2. The lowest BCUT2D eigenvalue weighted by molar-refractivity contribution is -0.384. The Morgan fingerprint density at radius 2 is 1.61 bits per heavy atom. The molecule has 3 rings (SSSR count). The maximum atomic E-state index is 12.4. The zero-order valence-corrected chi connectivity index (χ0v) is 16.3. The molecule has 2 aromatic carbocycles. The molecule has 2 amide bonds. The standard InChI is InChI=1S/C22H16N4O5/c1-14(27)24-17-4-6-18(7-5-17)25-22(28)16(13-23)12-20-10-11-21(31-20)15-2-8-19(9-3-15)26(29)30/h2-12H,1H3,(H,24,27)(H,25,28)/b16-12+. The van der Waals surface area contributed by atoms with Gasteiger partial charge in [-0.05, 0) is 48.5 Å². The second-order valence-corrected chi connectivity index (χ2v) is 6.39. The summed E-state index contributed by atoms with van der Waals surface area (Å²) in [7, 11) is 0. The quantitative estimate of drug-likeness (QED) is 0.265. The maximum Gasteiger partial charge on any atom is 0.269 e. The lowest BCUT2D eigenvalue weighted by atomic mass is 10.1. The van der Waals surface area contributed by atoms with Crippen LogP contribution < -0.4 is 10.6 Å². The van der Waals surface area contributed by atoms with Gasteiger partial charge in [-0.2, -0.15) is 5.26 Å². The van der Waals surface area contributed by atoms with E-state index in [9.17, 15) is 25.0 Å². The van der Waals surface area contributed by atoms with Crippen LogP contribution in [0.4, 0.5) is 17.1 Å². The summed E-state index contributed by atoms with van der Waals surface area (Å²) in [5, 5.41) is 25.3. The highest BCUT2D eigenvalue weighted by atomic mass is 16.6. The van der Waals surface area contributed by atoms with Gasteiger partial charge in [0, 0.05) is 42.1 Å². The number of non-ortho nitro benzene ring substituents is 1. The largest absolute Gasteiger partial charge is 0.457 e. The van der Waals surface area contributed by atoms with Gasteiger partial charge < -0.3 is 15.1 Å². The molecule has 0 aliphatic heterocycles. The van der Waals surface area contributed by atoms with Gasteiger partial charge in [0.2, 0.25) is 5.91 Å². The Morgan fingerprint density at radius 3 is 2.16 bits per heavy atom. The van der Waals surface area contributed by atoms with Crippen LogP contribution in [0.5, 0.6) is 0 Å². The molecule has 0 fully saturated rings. The Kier molecular flexibility index (Phi) is 6.23. The van der Waals surface area contributed by atoms with Crippen LogP contribution in [0.2, 0.25) is 0 Å². The van der Waals surface area contributed by atoms with Gasteiger partial charge in [-0.15, -0.1) is 0 Å². The summed E-state index contributed by atoms with van der Waals surface area (Å²) in [5.41, 5.74) is 1.44. The van der Waals surface area contributed by atoms with E-state index in [2.05, 4.69) is 10.6 Å². The van der Waals surface area contributed by atoms with E-state index in [0.29, 0.717) is 22.7 Å². The van der Waals surface area contributed by atoms with Gasteiger partial charge in [0.25, 0.3) is 11.6 Å². The van der Waals surface area contributed by atoms with Gasteiger partial charge in [-0.25, -0.2) is 0 Å². The number of nitrogens with one attached hydrogen (secondary N) is 2. The number of benzene rings is 2. The van der Waals surface area contributed by atoms with Crippen LogP contribution >= 0.6 is 0 Å². The third-order valence-corrected chi connectivity index (χ3v) is 4.10. The van der Waals surface area contributed by atoms with E-state index in [-0.39, 0.29) is 22.9 Å². The van der Waals surface area contributed by atoms with Gasteiger partial charge in [0.1, 0.15) is 23.2 Å². The molecule has 3 aromatic rings. The number of carbonyl (C=O) groups is 2. The molecular formula is C22H16N4O5. The van der Waals surface area contributed by atoms with Crippen molar-refractivity contribution >= 4 is 35.0 Å². The molecule has 0 atom stereocenters. The number of furan rings is 1. The lowest BCUT2D eigenvalue weighted by Crippen LogP contribution is -2.13. The van der Waals surface area contributed by atoms with E-state index in [1.807, 2.05) is 6.07 Å². The first-order valence-corrected chi connectivity index (χ1v) is 9.01. The van der Waals surface area contributed by atoms with Gasteiger partial charge in [-0.3, -0.25) is 19.7 Å². The van der Waals surface area contributed by atoms with Crippen molar-refractivity contribution in [1.82, 2.24) is 0 Å². The van der Waals surface area contributed by atoms with Crippen molar-refractivity contribution in [3.63, 3.8) is 0 Å². The van der Waals surface area contributed by atoms with Crippen LogP contribution in [0, 0.1) is 21.4 Å². The smallest absolute Gasteiger partial charge is 0.269 e. The minimum atomic E-state index is -0.622. The summed E-state index contributed by atoms with van der Waals surface area (Å²) >= 11 is 0. The third-order valence-electron chi connectivity index (χ3n) is 4.10. The van der Waals surface area contributed by atoms with Crippen LogP contribution in [0.25, 0.3) is 17.4 Å². The fourth-order valence-electron chi connectivity index (χ4n) is 2.66. The third kappa shape index (κ3) is 5.42. The number of rotatable bonds is 6. The van der Waals surface area contributed by atoms with E-state index in [1.165, 1.54) is 25.1 Å². The van der Waals surface area contributed by atoms with E-state index >= 15 is 0 Å². The molecule has 0 bridgehead atoms. The van der Waals surface area contributed by atoms with Crippen molar-refractivity contribution in [3.8, 4) is 17.4 Å². The number of nitriles is 1. The molecular weight excluding hydrogens is 400 g/mol. The average molecular weight is 416 g/mol. The Labute approximate surface area is 176 Å². The molecule has 9 nitrogen and oxygen atoms in total. The highest BCUT2D eigenvalue weighted by Crippen LogP contribution is 2.25. The minimum absolute atomic E-state index is 0.0380. The van der Waals surface area contributed by atoms with Crippen LogP contribution in [0.15, 0.2) is 70.7 Å². The number of nitrogens with zero attached hydrogens (tertiary/aromatic N) is 2. The Bertz CT molecular complexity index is 1200. The Hall–Kier alpha value is -4.71. The second kappa shape index (κ2) is 9.19. The van der Waals surface area contributed by atoms with E-state index in [0.717, 1.165) is 0 Å². The summed E-state index contributed by atoms with van der Waals surface area (Å²) in [6.45, 7) is 1.39. The van der Waals surface area contributed by atoms with Crippen LogP contribution in [0.1, 0.15) is 12.7 Å². The SMILES string of the molecule is CC(=O)Nc1ccc(NC(=O)/C(C#N)=C/c2ccc(-c3ccc([N+](=O)[O-])cc3)o2)cc1. The minimum Gasteiger partial charge on any atom is -0.457 e. The van der Waals surface area contributed by atoms with Crippen molar-refractivity contribution in [3.05, 3.63) is 82.1 Å². The van der Waals surface area contributed by atoms with Gasteiger partial charge >= 0.3 is 0 Å². The van der Waals surface area contributed by atoms with E-state index in [4.69, 9.17) is 4.42 Å². The monoisotopic (exact) mass is 416 g/mol. The molecule has 0 saturated carbocycles. The Morgan fingerprint density at radius 1 is 1.00 bits per heavy atom. The molecule has 1 heterocycles. The zero-order valence-electron chi connectivity index (χ0n) is 16.3. The van der Waals surface area contributed by atoms with Gasteiger partial charge in [0.05, 0.1) is 4.92 Å². The number of anilines is 2. The van der Waals surface area contributed by atoms with Gasteiger partial charge in [-0.1, -0.05) is 0 Å². The predicted molar refractivity (Wildman–Crippen MR) is 114 cm³/mol. The number of hydrogen-bond acceptors (Lipinski definition) is 6. The van der Waals surface area contributed by atoms with E-state index in [1.54, 1.807) is 48.5 Å². The summed E-state index contributed by atoms with van der Waals surface area (Å²) in [5.74, 6) is -0.116. The molecule has 0 spiro atoms. The molecule has 0 unspecified atom stereocenters. The maximum absolute atomic E-state index is 12.4. The van der Waals surface area contributed by atoms with Crippen LogP contribution in [-0.2, 0) is 9.59 Å². The number of nitro benzene ring substituents is 1. The molecule has 0 saturated heterocycles. The van der Waals surface area contributed by atoms with Crippen LogP contribution in [0.3, 0.4) is 0 Å². The normalized spacial score (nSPS) is 10.8. The molecule has 154 valence electrons. The first kappa shape index (κ1) is 21.0. The Balaban J connectivity index is 1.72. The lowest BCUT2D eigenvalue weighted by Gasteiger charge is -2.06. The summed E-state index contributed by atoms with van der Waals surface area (Å²) in [4.78, 5) is 33.7. The molecule has 1 aromatic heterocycles. The molecule has 0 radical (unpaired) electrons. The highest BCUT2D eigenvalue weighted by molar-refractivity contribution is 6.09. The summed E-state index contributed by atoms with van der Waals surface area (Å²) in [6, 6.07) is 17.3. The zero-order chi connectivity index (χ0) is 22.4. The van der Waals surface area contributed by atoms with Gasteiger partial charge in [0.15, 0.2) is 0 Å². The fourth-order valence-corrected chi connectivity index (χ4v) is 2.66. The molecule has 9 heteroatoms. The number of hydrogen-bond donors (Lipinski definition) is 2. The van der Waals surface area contributed by atoms with Crippen molar-refractivity contribution in [2.45, 2.75) is 6.92 Å². The molecule has 2 N–H and O–H groups in total. The summed E-state index contributed by atoms with van der Waals surface area (Å²) in [6.07, 6.45) is 1.30. The highest BCUT2D eigenvalue weighted by Gasteiger charge is 2.12. The van der Waals surface area contributed by atoms with E-state index < -0.39 is 10.8 Å².